The molecular formula is C2H9N5S. The minimum Gasteiger partial charge on any atom is -0.300 e. The van der Waals surface area contributed by atoms with Crippen molar-refractivity contribution in [1.29, 1.82) is 0 Å². The van der Waals surface area contributed by atoms with Gasteiger partial charge < -0.3 is 0 Å². The van der Waals surface area contributed by atoms with Crippen molar-refractivity contribution in [2.45, 2.75) is 0 Å². The normalized spacial score (nSPS) is 8.25. The fourth-order valence-electron chi connectivity index (χ4n) is 0.155. The molecule has 0 amide bonds. The molecule has 8 heavy (non-hydrogen) atoms. The third kappa shape index (κ3) is 3.75. The van der Waals surface area contributed by atoms with Crippen molar-refractivity contribution in [3.8, 4) is 0 Å². The minimum atomic E-state index is 0.333. The Balaban J connectivity index is 2.99. The Morgan fingerprint density at radius 2 is 2.25 bits per heavy atom. The summed E-state index contributed by atoms with van der Waals surface area (Å²) in [5.74, 6) is 4.89. The molecule has 0 spiro atoms. The Kier molecular flexibility index (Phi) is 4.47. The van der Waals surface area contributed by atoms with E-state index in [4.69, 9.17) is 5.84 Å². The van der Waals surface area contributed by atoms with Crippen LogP contribution in [0.5, 0.6) is 0 Å². The molecular weight excluding hydrogens is 126 g/mol. The highest BCUT2D eigenvalue weighted by molar-refractivity contribution is 7.80. The Morgan fingerprint density at radius 1 is 1.62 bits per heavy atom. The maximum atomic E-state index is 4.89. The van der Waals surface area contributed by atoms with E-state index >= 15 is 0 Å². The molecule has 0 atom stereocenters. The molecule has 0 saturated heterocycles. The molecule has 0 radical (unpaired) electrons. The molecule has 0 saturated carbocycles. The van der Waals surface area contributed by atoms with Crippen LogP contribution in [0.3, 0.4) is 0 Å². The second-order valence-electron chi connectivity index (χ2n) is 0.973. The van der Waals surface area contributed by atoms with E-state index in [-0.39, 0.29) is 0 Å². The fraction of sp³-hybridized carbons (Fsp3) is 0.500. The molecule has 48 valence electrons. The second-order valence-corrected chi connectivity index (χ2v) is 1.38. The molecule has 0 unspecified atom stereocenters. The van der Waals surface area contributed by atoms with Crippen LogP contribution >= 0.6 is 12.2 Å². The van der Waals surface area contributed by atoms with Crippen molar-refractivity contribution in [1.82, 2.24) is 21.8 Å². The van der Waals surface area contributed by atoms with Crippen LogP contribution in [-0.2, 0) is 0 Å². The minimum absolute atomic E-state index is 0.333. The molecule has 0 aliphatic carbocycles. The van der Waals surface area contributed by atoms with Crippen molar-refractivity contribution < 1.29 is 0 Å². The van der Waals surface area contributed by atoms with Crippen LogP contribution in [0, 0.1) is 0 Å². The summed E-state index contributed by atoms with van der Waals surface area (Å²) >= 11 is 4.57. The monoisotopic (exact) mass is 135 g/mol. The maximum Gasteiger partial charge on any atom is 0.196 e. The van der Waals surface area contributed by atoms with Gasteiger partial charge >= 0.3 is 0 Å². The third-order valence-corrected chi connectivity index (χ3v) is 0.652. The van der Waals surface area contributed by atoms with Gasteiger partial charge in [-0.3, -0.25) is 10.9 Å². The Labute approximate surface area is 52.9 Å². The Hall–Kier alpha value is -0.430. The van der Waals surface area contributed by atoms with Gasteiger partial charge in [0.05, 0.1) is 0 Å². The summed E-state index contributed by atoms with van der Waals surface area (Å²) in [4.78, 5) is 0. The molecule has 0 aromatic heterocycles. The Bertz CT molecular complexity index is 72.8. The van der Waals surface area contributed by atoms with E-state index in [0.717, 1.165) is 0 Å². The lowest BCUT2D eigenvalue weighted by Gasteiger charge is -2.05. The summed E-state index contributed by atoms with van der Waals surface area (Å²) in [5, 5.41) is 0.333. The average molecular weight is 135 g/mol. The standard InChI is InChI=1S/C2H9N5S/c1-4-7-6-2(8)5-3/h4,7H,3H2,1H3,(H2,5,6,8). The number of thiocarbonyl (C=S) groups is 1. The van der Waals surface area contributed by atoms with E-state index in [9.17, 15) is 0 Å². The van der Waals surface area contributed by atoms with Crippen molar-refractivity contribution in [2.75, 3.05) is 7.05 Å². The summed E-state index contributed by atoms with van der Waals surface area (Å²) in [7, 11) is 1.70. The molecule has 0 fully saturated rings. The first-order valence-electron chi connectivity index (χ1n) is 1.99. The predicted molar refractivity (Wildman–Crippen MR) is 35.3 cm³/mol. The highest BCUT2D eigenvalue weighted by Gasteiger charge is 1.82. The molecule has 0 aliphatic rings. The highest BCUT2D eigenvalue weighted by Crippen LogP contribution is 1.50. The number of nitrogens with two attached hydrogens (primary N) is 1. The van der Waals surface area contributed by atoms with E-state index in [2.05, 4.69) is 34.0 Å². The lowest BCUT2D eigenvalue weighted by atomic mass is 11.2. The molecule has 0 aromatic rings. The van der Waals surface area contributed by atoms with Crippen LogP contribution in [0.25, 0.3) is 0 Å². The largest absolute Gasteiger partial charge is 0.300 e. The van der Waals surface area contributed by atoms with Crippen LogP contribution in [-0.4, -0.2) is 12.2 Å². The van der Waals surface area contributed by atoms with Crippen molar-refractivity contribution >= 4 is 17.3 Å². The number of hydrogen-bond acceptors (Lipinski definition) is 4. The van der Waals surface area contributed by atoms with Crippen LogP contribution < -0.4 is 27.7 Å². The van der Waals surface area contributed by atoms with Crippen LogP contribution in [0.2, 0.25) is 0 Å². The SMILES string of the molecule is CNNNC(=S)NN. The van der Waals surface area contributed by atoms with Gasteiger partial charge in [-0.2, -0.15) is 5.53 Å². The summed E-state index contributed by atoms with van der Waals surface area (Å²) in [5.41, 5.74) is 9.84. The zero-order valence-corrected chi connectivity index (χ0v) is 5.30. The number of rotatable bonds is 2. The van der Waals surface area contributed by atoms with Crippen LogP contribution in [0.1, 0.15) is 0 Å². The lowest BCUT2D eigenvalue weighted by molar-refractivity contribution is 0.557. The van der Waals surface area contributed by atoms with Gasteiger partial charge in [0.2, 0.25) is 0 Å². The van der Waals surface area contributed by atoms with Gasteiger partial charge in [-0.05, 0) is 12.2 Å². The molecule has 0 aliphatic heterocycles. The van der Waals surface area contributed by atoms with Gasteiger partial charge in [-0.1, -0.05) is 0 Å². The quantitative estimate of drug-likeness (QED) is 0.171. The predicted octanol–water partition coefficient (Wildman–Crippen LogP) is -2.04. The van der Waals surface area contributed by atoms with E-state index in [1.807, 2.05) is 0 Å². The Morgan fingerprint density at radius 3 is 2.62 bits per heavy atom. The van der Waals surface area contributed by atoms with E-state index in [0.29, 0.717) is 5.11 Å². The second kappa shape index (κ2) is 4.72. The zero-order chi connectivity index (χ0) is 6.41. The van der Waals surface area contributed by atoms with Crippen molar-refractivity contribution in [2.24, 2.45) is 5.84 Å². The van der Waals surface area contributed by atoms with Crippen molar-refractivity contribution in [3.63, 3.8) is 0 Å². The summed E-state index contributed by atoms with van der Waals surface area (Å²) in [6, 6.07) is 0. The van der Waals surface area contributed by atoms with Gasteiger partial charge in [0.15, 0.2) is 5.11 Å². The van der Waals surface area contributed by atoms with Crippen LogP contribution in [0.4, 0.5) is 0 Å². The first kappa shape index (κ1) is 7.57. The molecule has 6 heteroatoms. The van der Waals surface area contributed by atoms with Gasteiger partial charge in [0.1, 0.15) is 0 Å². The average Bonchev–Trinajstić information content (AvgIpc) is 1.83. The van der Waals surface area contributed by atoms with Gasteiger partial charge in [0, 0.05) is 7.05 Å². The zero-order valence-electron chi connectivity index (χ0n) is 4.49. The van der Waals surface area contributed by atoms with E-state index in [1.54, 1.807) is 7.05 Å². The topological polar surface area (TPSA) is 74.1 Å². The van der Waals surface area contributed by atoms with Crippen LogP contribution in [0.15, 0.2) is 0 Å². The first-order chi connectivity index (χ1) is 3.81. The summed E-state index contributed by atoms with van der Waals surface area (Å²) in [6.07, 6.45) is 0. The lowest BCUT2D eigenvalue weighted by Crippen LogP contribution is -2.50. The van der Waals surface area contributed by atoms with Gasteiger partial charge in [-0.15, -0.1) is 0 Å². The molecule has 0 aromatic carbocycles. The van der Waals surface area contributed by atoms with E-state index in [1.165, 1.54) is 0 Å². The summed E-state index contributed by atoms with van der Waals surface area (Å²) < 4.78 is 0. The maximum absolute atomic E-state index is 4.89. The molecule has 5 nitrogen and oxygen atoms in total. The number of nitrogens with one attached hydrogen (secondary N) is 4. The van der Waals surface area contributed by atoms with Gasteiger partial charge in [0.25, 0.3) is 0 Å². The number of hydrogen-bond donors (Lipinski definition) is 5. The smallest absolute Gasteiger partial charge is 0.196 e. The molecule has 0 rings (SSSR count). The number of hydrazine groups is 3. The van der Waals surface area contributed by atoms with Gasteiger partial charge in [-0.25, -0.2) is 11.3 Å². The molecule has 0 heterocycles. The molecule has 0 bridgehead atoms. The van der Waals surface area contributed by atoms with E-state index < -0.39 is 0 Å². The van der Waals surface area contributed by atoms with Crippen molar-refractivity contribution in [3.05, 3.63) is 0 Å². The molecule has 6 N–H and O–H groups in total. The highest BCUT2D eigenvalue weighted by atomic mass is 32.1. The fourth-order valence-corrected chi connectivity index (χ4v) is 0.206. The summed E-state index contributed by atoms with van der Waals surface area (Å²) in [6.45, 7) is 0. The first-order valence-corrected chi connectivity index (χ1v) is 2.40. The third-order valence-electron chi connectivity index (χ3n) is 0.432.